The van der Waals surface area contributed by atoms with Crippen LogP contribution in [0.25, 0.3) is 10.9 Å². The Morgan fingerprint density at radius 3 is 2.88 bits per heavy atom. The number of benzene rings is 1. The maximum absolute atomic E-state index is 6.15. The molecule has 1 saturated carbocycles. The summed E-state index contributed by atoms with van der Waals surface area (Å²) in [7, 11) is 0. The number of anilines is 1. The van der Waals surface area contributed by atoms with Crippen LogP contribution in [-0.4, -0.2) is 4.98 Å². The van der Waals surface area contributed by atoms with Crippen molar-refractivity contribution in [3.8, 4) is 0 Å². The zero-order chi connectivity index (χ0) is 11.1. The SMILES string of the molecule is NNc1cc(C2CC2)nc2c(Cl)cccc12. The molecular weight excluding hydrogens is 222 g/mol. The number of fused-ring (bicyclic) bond motifs is 1. The number of halogens is 1. The molecule has 0 aliphatic heterocycles. The highest BCUT2D eigenvalue weighted by Gasteiger charge is 2.26. The van der Waals surface area contributed by atoms with Crippen molar-refractivity contribution in [3.63, 3.8) is 0 Å². The zero-order valence-electron chi connectivity index (χ0n) is 8.70. The number of pyridine rings is 1. The van der Waals surface area contributed by atoms with Gasteiger partial charge in [0.15, 0.2) is 0 Å². The Bertz CT molecular complexity index is 549. The number of hydrogen-bond donors (Lipinski definition) is 2. The Hall–Kier alpha value is -1.32. The van der Waals surface area contributed by atoms with Crippen LogP contribution in [0, 0.1) is 0 Å². The van der Waals surface area contributed by atoms with Crippen molar-refractivity contribution in [2.24, 2.45) is 5.84 Å². The molecule has 1 aromatic heterocycles. The Kier molecular flexibility index (Phi) is 2.23. The van der Waals surface area contributed by atoms with Gasteiger partial charge < -0.3 is 5.43 Å². The molecule has 2 aromatic rings. The predicted molar refractivity (Wildman–Crippen MR) is 66.5 cm³/mol. The van der Waals surface area contributed by atoms with E-state index in [1.54, 1.807) is 0 Å². The van der Waals surface area contributed by atoms with Gasteiger partial charge in [-0.15, -0.1) is 0 Å². The third kappa shape index (κ3) is 1.52. The van der Waals surface area contributed by atoms with Crippen molar-refractivity contribution in [3.05, 3.63) is 35.0 Å². The topological polar surface area (TPSA) is 50.9 Å². The maximum Gasteiger partial charge on any atom is 0.0912 e. The molecule has 16 heavy (non-hydrogen) atoms. The van der Waals surface area contributed by atoms with Crippen LogP contribution in [0.4, 0.5) is 5.69 Å². The first-order valence-electron chi connectivity index (χ1n) is 5.35. The number of nitrogens with one attached hydrogen (secondary N) is 1. The van der Waals surface area contributed by atoms with Crippen molar-refractivity contribution in [2.45, 2.75) is 18.8 Å². The van der Waals surface area contributed by atoms with Crippen molar-refractivity contribution < 1.29 is 0 Å². The molecule has 4 heteroatoms. The van der Waals surface area contributed by atoms with Crippen LogP contribution < -0.4 is 11.3 Å². The highest BCUT2D eigenvalue weighted by Crippen LogP contribution is 2.41. The minimum atomic E-state index is 0.591. The standard InChI is InChI=1S/C12H12ClN3/c13-9-3-1-2-8-11(16-14)6-10(7-4-5-7)15-12(8)9/h1-3,6-7H,4-5,14H2,(H,15,16). The van der Waals surface area contributed by atoms with E-state index in [-0.39, 0.29) is 0 Å². The first-order chi connectivity index (χ1) is 7.79. The van der Waals surface area contributed by atoms with Gasteiger partial charge in [0.05, 0.1) is 16.2 Å². The summed E-state index contributed by atoms with van der Waals surface area (Å²) in [5.74, 6) is 6.13. The van der Waals surface area contributed by atoms with E-state index in [4.69, 9.17) is 17.4 Å². The number of hydrogen-bond acceptors (Lipinski definition) is 3. The first kappa shape index (κ1) is 9.87. The lowest BCUT2D eigenvalue weighted by molar-refractivity contribution is 1.04. The fourth-order valence-corrected chi connectivity index (χ4v) is 2.16. The van der Waals surface area contributed by atoms with Crippen LogP contribution in [0.1, 0.15) is 24.5 Å². The van der Waals surface area contributed by atoms with Gasteiger partial charge in [-0.1, -0.05) is 23.7 Å². The zero-order valence-corrected chi connectivity index (χ0v) is 9.46. The Labute approximate surface area is 98.6 Å². The van der Waals surface area contributed by atoms with E-state index < -0.39 is 0 Å². The molecule has 0 atom stereocenters. The molecule has 1 aromatic carbocycles. The number of rotatable bonds is 2. The molecule has 3 nitrogen and oxygen atoms in total. The Morgan fingerprint density at radius 1 is 1.38 bits per heavy atom. The molecule has 0 unspecified atom stereocenters. The van der Waals surface area contributed by atoms with Crippen molar-refractivity contribution in [2.75, 3.05) is 5.43 Å². The van der Waals surface area contributed by atoms with Gasteiger partial charge in [0.2, 0.25) is 0 Å². The number of nitrogens with two attached hydrogens (primary N) is 1. The van der Waals surface area contributed by atoms with Gasteiger partial charge in [-0.3, -0.25) is 10.8 Å². The molecule has 0 radical (unpaired) electrons. The van der Waals surface area contributed by atoms with Crippen LogP contribution in [0.3, 0.4) is 0 Å². The van der Waals surface area contributed by atoms with Gasteiger partial charge in [-0.05, 0) is 25.0 Å². The number of hydrazine groups is 1. The molecule has 3 rings (SSSR count). The van der Waals surface area contributed by atoms with E-state index in [1.807, 2.05) is 24.3 Å². The van der Waals surface area contributed by atoms with E-state index in [2.05, 4.69) is 10.4 Å². The average molecular weight is 234 g/mol. The predicted octanol–water partition coefficient (Wildman–Crippen LogP) is 3.05. The minimum Gasteiger partial charge on any atom is -0.323 e. The normalized spacial score (nSPS) is 15.4. The van der Waals surface area contributed by atoms with E-state index in [1.165, 1.54) is 12.8 Å². The van der Waals surface area contributed by atoms with Crippen LogP contribution in [0.5, 0.6) is 0 Å². The summed E-state index contributed by atoms with van der Waals surface area (Å²) in [4.78, 5) is 4.62. The van der Waals surface area contributed by atoms with Gasteiger partial charge in [0.1, 0.15) is 0 Å². The monoisotopic (exact) mass is 233 g/mol. The van der Waals surface area contributed by atoms with Crippen LogP contribution in [-0.2, 0) is 0 Å². The molecule has 82 valence electrons. The van der Waals surface area contributed by atoms with Crippen LogP contribution >= 0.6 is 11.6 Å². The molecule has 1 fully saturated rings. The van der Waals surface area contributed by atoms with E-state index in [9.17, 15) is 0 Å². The summed E-state index contributed by atoms with van der Waals surface area (Å²) in [5.41, 5.74) is 5.55. The molecule has 0 amide bonds. The quantitative estimate of drug-likeness (QED) is 0.619. The first-order valence-corrected chi connectivity index (χ1v) is 5.73. The number of nitrogen functional groups attached to an aromatic ring is 1. The van der Waals surface area contributed by atoms with Crippen LogP contribution in [0.15, 0.2) is 24.3 Å². The second kappa shape index (κ2) is 3.61. The molecule has 0 spiro atoms. The van der Waals surface area contributed by atoms with E-state index in [0.29, 0.717) is 10.9 Å². The molecule has 1 aliphatic carbocycles. The summed E-state index contributed by atoms with van der Waals surface area (Å²) < 4.78 is 0. The highest BCUT2D eigenvalue weighted by molar-refractivity contribution is 6.35. The van der Waals surface area contributed by atoms with Gasteiger partial charge in [0.25, 0.3) is 0 Å². The van der Waals surface area contributed by atoms with Gasteiger partial charge in [-0.25, -0.2) is 0 Å². The van der Waals surface area contributed by atoms with Gasteiger partial charge in [-0.2, -0.15) is 0 Å². The Morgan fingerprint density at radius 2 is 2.19 bits per heavy atom. The lowest BCUT2D eigenvalue weighted by Crippen LogP contribution is -2.08. The van der Waals surface area contributed by atoms with Crippen molar-refractivity contribution >= 4 is 28.2 Å². The summed E-state index contributed by atoms with van der Waals surface area (Å²) in [6.45, 7) is 0. The highest BCUT2D eigenvalue weighted by atomic mass is 35.5. The lowest BCUT2D eigenvalue weighted by atomic mass is 10.1. The van der Waals surface area contributed by atoms with Crippen molar-refractivity contribution in [1.29, 1.82) is 0 Å². The van der Waals surface area contributed by atoms with Crippen LogP contribution in [0.2, 0.25) is 5.02 Å². The smallest absolute Gasteiger partial charge is 0.0912 e. The number of para-hydroxylation sites is 1. The third-order valence-electron chi connectivity index (χ3n) is 2.96. The van der Waals surface area contributed by atoms with Crippen molar-refractivity contribution in [1.82, 2.24) is 4.98 Å². The molecule has 1 heterocycles. The largest absolute Gasteiger partial charge is 0.323 e. The fourth-order valence-electron chi connectivity index (χ4n) is 1.94. The molecule has 0 saturated heterocycles. The summed E-state index contributed by atoms with van der Waals surface area (Å²) in [5, 5.41) is 1.65. The number of aromatic nitrogens is 1. The van der Waals surface area contributed by atoms with E-state index >= 15 is 0 Å². The molecular formula is C12H12ClN3. The number of nitrogens with zero attached hydrogens (tertiary/aromatic N) is 1. The third-order valence-corrected chi connectivity index (χ3v) is 3.27. The summed E-state index contributed by atoms with van der Waals surface area (Å²) >= 11 is 6.15. The summed E-state index contributed by atoms with van der Waals surface area (Å²) in [6.07, 6.45) is 2.43. The van der Waals surface area contributed by atoms with E-state index in [0.717, 1.165) is 22.3 Å². The second-order valence-corrected chi connectivity index (χ2v) is 4.56. The van der Waals surface area contributed by atoms with Gasteiger partial charge in [0, 0.05) is 17.0 Å². The summed E-state index contributed by atoms with van der Waals surface area (Å²) in [6, 6.07) is 7.76. The maximum atomic E-state index is 6.15. The second-order valence-electron chi connectivity index (χ2n) is 4.15. The lowest BCUT2D eigenvalue weighted by Gasteiger charge is -2.09. The Balaban J connectivity index is 2.30. The fraction of sp³-hybridized carbons (Fsp3) is 0.250. The molecule has 3 N–H and O–H groups in total. The molecule has 0 bridgehead atoms. The average Bonchev–Trinajstić information content (AvgIpc) is 3.12. The molecule has 1 aliphatic rings. The minimum absolute atomic E-state index is 0.591. The van der Waals surface area contributed by atoms with Gasteiger partial charge >= 0.3 is 0 Å².